The molecule has 1 N–H and O–H groups in total. The smallest absolute Gasteiger partial charge is 0.267 e. The predicted molar refractivity (Wildman–Crippen MR) is 98.9 cm³/mol. The molecule has 0 unspecified atom stereocenters. The van der Waals surface area contributed by atoms with E-state index >= 15 is 0 Å². The SMILES string of the molecule is CCS(=O)(=O)N1C[C@@H](C(=O)Nc2ccc3c(c2)OCO3)Oc2ccccc21. The summed E-state index contributed by atoms with van der Waals surface area (Å²) in [5, 5.41) is 2.74. The lowest BCUT2D eigenvalue weighted by Crippen LogP contribution is -2.49. The largest absolute Gasteiger partial charge is 0.476 e. The molecular weight excluding hydrogens is 372 g/mol. The summed E-state index contributed by atoms with van der Waals surface area (Å²) in [6, 6.07) is 11.8. The maximum absolute atomic E-state index is 12.7. The number of para-hydroxylation sites is 2. The lowest BCUT2D eigenvalue weighted by molar-refractivity contribution is -0.122. The summed E-state index contributed by atoms with van der Waals surface area (Å²) >= 11 is 0. The number of anilines is 2. The zero-order valence-corrected chi connectivity index (χ0v) is 15.4. The first-order valence-electron chi connectivity index (χ1n) is 8.44. The number of fused-ring (bicyclic) bond motifs is 2. The van der Waals surface area contributed by atoms with Crippen molar-refractivity contribution < 1.29 is 27.4 Å². The summed E-state index contributed by atoms with van der Waals surface area (Å²) in [4.78, 5) is 12.7. The number of amides is 1. The average Bonchev–Trinajstić information content (AvgIpc) is 3.14. The van der Waals surface area contributed by atoms with Gasteiger partial charge in [0.2, 0.25) is 16.8 Å². The number of nitrogens with one attached hydrogen (secondary N) is 1. The quantitative estimate of drug-likeness (QED) is 0.858. The average molecular weight is 390 g/mol. The van der Waals surface area contributed by atoms with Crippen LogP contribution in [0.2, 0.25) is 0 Å². The number of hydrogen-bond acceptors (Lipinski definition) is 6. The third-order valence-electron chi connectivity index (χ3n) is 4.37. The highest BCUT2D eigenvalue weighted by atomic mass is 32.2. The fourth-order valence-electron chi connectivity index (χ4n) is 2.96. The first-order chi connectivity index (χ1) is 13.0. The molecule has 4 rings (SSSR count). The molecule has 8 nitrogen and oxygen atoms in total. The van der Waals surface area contributed by atoms with Crippen LogP contribution in [0.25, 0.3) is 0 Å². The van der Waals surface area contributed by atoms with E-state index in [1.807, 2.05) is 0 Å². The molecule has 142 valence electrons. The molecule has 0 bridgehead atoms. The Morgan fingerprint density at radius 1 is 1.15 bits per heavy atom. The Morgan fingerprint density at radius 3 is 2.74 bits per heavy atom. The van der Waals surface area contributed by atoms with Crippen LogP contribution in [0.15, 0.2) is 42.5 Å². The van der Waals surface area contributed by atoms with E-state index in [1.165, 1.54) is 4.31 Å². The summed E-state index contributed by atoms with van der Waals surface area (Å²) in [5.41, 5.74) is 0.947. The third kappa shape index (κ3) is 3.25. The standard InChI is InChI=1S/C18H18N2O6S/c1-2-27(22,23)20-10-17(26-14-6-4-3-5-13(14)20)18(21)19-12-7-8-15-16(9-12)25-11-24-15/h3-9,17H,2,10-11H2,1H3,(H,19,21)/t17-/m0/s1. The van der Waals surface area contributed by atoms with E-state index in [0.717, 1.165) is 0 Å². The van der Waals surface area contributed by atoms with Gasteiger partial charge in [-0.25, -0.2) is 8.42 Å². The van der Waals surface area contributed by atoms with Crippen LogP contribution < -0.4 is 23.8 Å². The fourth-order valence-corrected chi connectivity index (χ4v) is 4.08. The van der Waals surface area contributed by atoms with Crippen LogP contribution in [0, 0.1) is 0 Å². The Morgan fingerprint density at radius 2 is 1.93 bits per heavy atom. The molecular formula is C18H18N2O6S. The van der Waals surface area contributed by atoms with Crippen LogP contribution >= 0.6 is 0 Å². The number of nitrogens with zero attached hydrogens (tertiary/aromatic N) is 1. The van der Waals surface area contributed by atoms with Crippen molar-refractivity contribution in [3.8, 4) is 17.2 Å². The maximum atomic E-state index is 12.7. The predicted octanol–water partition coefficient (Wildman–Crippen LogP) is 1.97. The van der Waals surface area contributed by atoms with E-state index < -0.39 is 22.0 Å². The van der Waals surface area contributed by atoms with Crippen LogP contribution in [0.4, 0.5) is 11.4 Å². The molecule has 0 saturated carbocycles. The van der Waals surface area contributed by atoms with Crippen molar-refractivity contribution in [2.24, 2.45) is 0 Å². The topological polar surface area (TPSA) is 94.2 Å². The Hall–Kier alpha value is -2.94. The van der Waals surface area contributed by atoms with Gasteiger partial charge in [-0.05, 0) is 31.2 Å². The second-order valence-corrected chi connectivity index (χ2v) is 8.25. The third-order valence-corrected chi connectivity index (χ3v) is 6.11. The van der Waals surface area contributed by atoms with Crippen LogP contribution in [0.3, 0.4) is 0 Å². The Bertz CT molecular complexity index is 991. The van der Waals surface area contributed by atoms with E-state index in [1.54, 1.807) is 49.4 Å². The minimum atomic E-state index is -3.55. The van der Waals surface area contributed by atoms with Gasteiger partial charge in [-0.2, -0.15) is 0 Å². The molecule has 2 aromatic carbocycles. The number of sulfonamides is 1. The van der Waals surface area contributed by atoms with Crippen molar-refractivity contribution in [2.75, 3.05) is 28.7 Å². The van der Waals surface area contributed by atoms with Crippen molar-refractivity contribution in [1.82, 2.24) is 0 Å². The number of carbonyl (C=O) groups excluding carboxylic acids is 1. The highest BCUT2D eigenvalue weighted by Crippen LogP contribution is 2.36. The highest BCUT2D eigenvalue weighted by Gasteiger charge is 2.36. The van der Waals surface area contributed by atoms with Gasteiger partial charge in [0.05, 0.1) is 18.0 Å². The number of carbonyl (C=O) groups is 1. The van der Waals surface area contributed by atoms with E-state index in [9.17, 15) is 13.2 Å². The minimum Gasteiger partial charge on any atom is -0.476 e. The van der Waals surface area contributed by atoms with Gasteiger partial charge in [-0.15, -0.1) is 0 Å². The molecule has 2 aromatic rings. The van der Waals surface area contributed by atoms with Gasteiger partial charge in [0.15, 0.2) is 17.6 Å². The van der Waals surface area contributed by atoms with Gasteiger partial charge in [-0.3, -0.25) is 9.10 Å². The normalized spacial score (nSPS) is 17.8. The van der Waals surface area contributed by atoms with Gasteiger partial charge in [-0.1, -0.05) is 12.1 Å². The number of benzene rings is 2. The number of rotatable bonds is 4. The molecule has 0 spiro atoms. The first-order valence-corrected chi connectivity index (χ1v) is 10.1. The molecule has 9 heteroatoms. The Kier molecular flexibility index (Phi) is 4.31. The van der Waals surface area contributed by atoms with Crippen LogP contribution in [0.5, 0.6) is 17.2 Å². The van der Waals surface area contributed by atoms with E-state index in [0.29, 0.717) is 28.6 Å². The zero-order chi connectivity index (χ0) is 19.0. The second kappa shape index (κ2) is 6.66. The maximum Gasteiger partial charge on any atom is 0.267 e. The molecule has 2 aliphatic heterocycles. The summed E-state index contributed by atoms with van der Waals surface area (Å²) in [6.07, 6.45) is -0.980. The number of hydrogen-bond donors (Lipinski definition) is 1. The zero-order valence-electron chi connectivity index (χ0n) is 14.5. The van der Waals surface area contributed by atoms with E-state index in [4.69, 9.17) is 14.2 Å². The fraction of sp³-hybridized carbons (Fsp3) is 0.278. The monoisotopic (exact) mass is 390 g/mol. The van der Waals surface area contributed by atoms with Gasteiger partial charge in [0.25, 0.3) is 5.91 Å². The molecule has 0 saturated heterocycles. The molecule has 2 aliphatic rings. The molecule has 27 heavy (non-hydrogen) atoms. The second-order valence-electron chi connectivity index (χ2n) is 6.06. The van der Waals surface area contributed by atoms with Gasteiger partial charge < -0.3 is 19.5 Å². The van der Waals surface area contributed by atoms with E-state index in [-0.39, 0.29) is 19.1 Å². The molecule has 0 aliphatic carbocycles. The molecule has 1 atom stereocenters. The van der Waals surface area contributed by atoms with Crippen molar-refractivity contribution in [3.63, 3.8) is 0 Å². The van der Waals surface area contributed by atoms with Crippen molar-refractivity contribution in [3.05, 3.63) is 42.5 Å². The van der Waals surface area contributed by atoms with Gasteiger partial charge in [0, 0.05) is 11.8 Å². The minimum absolute atomic E-state index is 0.0716. The van der Waals surface area contributed by atoms with Crippen molar-refractivity contribution >= 4 is 27.3 Å². The van der Waals surface area contributed by atoms with Crippen LogP contribution in [0.1, 0.15) is 6.92 Å². The first kappa shape index (κ1) is 17.5. The molecule has 0 radical (unpaired) electrons. The molecule has 0 aromatic heterocycles. The molecule has 2 heterocycles. The van der Waals surface area contributed by atoms with Gasteiger partial charge in [0.1, 0.15) is 5.75 Å². The van der Waals surface area contributed by atoms with Crippen molar-refractivity contribution in [1.29, 1.82) is 0 Å². The summed E-state index contributed by atoms with van der Waals surface area (Å²) < 4.78 is 42.5. The highest BCUT2D eigenvalue weighted by molar-refractivity contribution is 7.92. The summed E-state index contributed by atoms with van der Waals surface area (Å²) in [6.45, 7) is 1.61. The summed E-state index contributed by atoms with van der Waals surface area (Å²) in [5.74, 6) is 0.984. The van der Waals surface area contributed by atoms with Gasteiger partial charge >= 0.3 is 0 Å². The van der Waals surface area contributed by atoms with Crippen LogP contribution in [-0.2, 0) is 14.8 Å². The lowest BCUT2D eigenvalue weighted by Gasteiger charge is -2.34. The Balaban J connectivity index is 1.58. The van der Waals surface area contributed by atoms with Crippen molar-refractivity contribution in [2.45, 2.75) is 13.0 Å². The Labute approximate surface area is 156 Å². The van der Waals surface area contributed by atoms with Crippen LogP contribution in [-0.4, -0.2) is 39.5 Å². The lowest BCUT2D eigenvalue weighted by atomic mass is 10.2. The van der Waals surface area contributed by atoms with E-state index in [2.05, 4.69) is 5.32 Å². The molecule has 1 amide bonds. The summed E-state index contributed by atoms with van der Waals surface area (Å²) in [7, 11) is -3.55. The molecule has 0 fully saturated rings. The number of ether oxygens (including phenoxy) is 3.